The van der Waals surface area contributed by atoms with E-state index in [9.17, 15) is 30.0 Å². The first kappa shape index (κ1) is 55.6. The predicted molar refractivity (Wildman–Crippen MR) is 286 cm³/mol. The molecule has 416 valence electrons. The lowest BCUT2D eigenvalue weighted by Gasteiger charge is -2.56. The fraction of sp³-hybridized carbons (Fsp3) is 0.672. The Morgan fingerprint density at radius 3 is 2.25 bits per heavy atom. The molecule has 2 aromatic carbocycles. The molecular weight excluding hydrogens is 973 g/mol. The molecule has 5 N–H and O–H groups in total. The molecule has 0 unspecified atom stereocenters. The Bertz CT molecular complexity index is 2780. The SMILES string of the molecule is CO[C@H]1/C=C/O[C@@]2(C)Oc3c(C)c(O)c4c(O)c(c5c(c4c3C2=O)=NC2(CCN(CC(C)C)CC2)N=5)NC(=O)/C(C)=C\C=C\[C@H](C)[C@H](O)[C@@H](C)[C@@H](O)[C@@H](C)[C@H](OC(=O)N2CCN(CC3CCOCC3)C3(CCC3)C2)[C@@H]1C. The number of aliphatic hydroxyl groups excluding tert-OH is 2. The molecule has 18 nitrogen and oxygen atoms in total. The lowest BCUT2D eigenvalue weighted by Crippen LogP contribution is -2.67. The van der Waals surface area contributed by atoms with Crippen LogP contribution < -0.4 is 20.8 Å². The van der Waals surface area contributed by atoms with Gasteiger partial charge in [0.15, 0.2) is 11.4 Å². The van der Waals surface area contributed by atoms with E-state index in [1.54, 1.807) is 50.0 Å². The quantitative estimate of drug-likeness (QED) is 0.201. The van der Waals surface area contributed by atoms with Crippen LogP contribution in [-0.4, -0.2) is 160 Å². The van der Waals surface area contributed by atoms with Crippen molar-refractivity contribution in [1.82, 2.24) is 14.7 Å². The number of nitrogens with one attached hydrogen (secondary N) is 1. The molecule has 3 saturated heterocycles. The van der Waals surface area contributed by atoms with Crippen LogP contribution in [0.2, 0.25) is 0 Å². The number of ketones is 1. The lowest BCUT2D eigenvalue weighted by molar-refractivity contribution is -0.112. The minimum Gasteiger partial charge on any atom is -0.507 e. The van der Waals surface area contributed by atoms with Gasteiger partial charge in [0.1, 0.15) is 28.6 Å². The molecule has 2 spiro atoms. The third-order valence-corrected chi connectivity index (χ3v) is 18.0. The third-order valence-electron chi connectivity index (χ3n) is 18.0. The van der Waals surface area contributed by atoms with Crippen molar-refractivity contribution in [2.75, 3.05) is 71.5 Å². The van der Waals surface area contributed by atoms with Gasteiger partial charge in [0.2, 0.25) is 0 Å². The topological polar surface area (TPSA) is 225 Å². The maximum absolute atomic E-state index is 15.0. The molecule has 7 aliphatic heterocycles. The summed E-state index contributed by atoms with van der Waals surface area (Å²) < 4.78 is 31.0. The highest BCUT2D eigenvalue weighted by Gasteiger charge is 2.52. The maximum Gasteiger partial charge on any atom is 0.410 e. The van der Waals surface area contributed by atoms with Crippen LogP contribution in [0.25, 0.3) is 10.8 Å². The summed E-state index contributed by atoms with van der Waals surface area (Å²) >= 11 is 0. The molecule has 7 heterocycles. The number of phenolic OH excluding ortho intramolecular Hbond substituents is 2. The normalized spacial score (nSPS) is 33.0. The van der Waals surface area contributed by atoms with Crippen LogP contribution in [0.3, 0.4) is 0 Å². The number of likely N-dealkylation sites (tertiary alicyclic amines) is 1. The highest BCUT2D eigenvalue weighted by Crippen LogP contribution is 2.50. The lowest BCUT2D eigenvalue weighted by atomic mass is 9.73. The fourth-order valence-corrected chi connectivity index (χ4v) is 13.0. The number of aliphatic hydroxyl groups is 2. The van der Waals surface area contributed by atoms with E-state index in [0.717, 1.165) is 65.0 Å². The van der Waals surface area contributed by atoms with Crippen molar-refractivity contribution < 1.29 is 58.5 Å². The van der Waals surface area contributed by atoms with Gasteiger partial charge in [0.05, 0.1) is 40.9 Å². The van der Waals surface area contributed by atoms with Crippen LogP contribution in [0.5, 0.6) is 17.2 Å². The molecule has 2 aromatic rings. The van der Waals surface area contributed by atoms with E-state index < -0.39 is 83.1 Å². The Kier molecular flexibility index (Phi) is 16.1. The summed E-state index contributed by atoms with van der Waals surface area (Å²) in [6.45, 7) is 22.8. The number of Topliss-reactive ketones (excluding diaryl/α,β-unsaturated/α-hetero) is 1. The van der Waals surface area contributed by atoms with Crippen molar-refractivity contribution in [2.24, 2.45) is 45.5 Å². The van der Waals surface area contributed by atoms with Gasteiger partial charge in [0, 0.05) is 132 Å². The van der Waals surface area contributed by atoms with Crippen molar-refractivity contribution in [3.63, 3.8) is 0 Å². The first-order valence-electron chi connectivity index (χ1n) is 27.8. The minimum absolute atomic E-state index is 0.0412. The second kappa shape index (κ2) is 22.0. The van der Waals surface area contributed by atoms with Crippen molar-refractivity contribution >= 4 is 34.2 Å². The number of piperazine rings is 1. The van der Waals surface area contributed by atoms with Gasteiger partial charge in [-0.15, -0.1) is 0 Å². The number of amides is 2. The number of phenols is 2. The number of aromatic hydroxyl groups is 2. The second-order valence-corrected chi connectivity index (χ2v) is 23.7. The molecule has 18 heteroatoms. The molecule has 9 atom stereocenters. The van der Waals surface area contributed by atoms with Crippen LogP contribution in [0.1, 0.15) is 116 Å². The molecule has 2 amide bonds. The van der Waals surface area contributed by atoms with E-state index in [0.29, 0.717) is 50.9 Å². The van der Waals surface area contributed by atoms with Crippen LogP contribution in [-0.2, 0) is 23.7 Å². The Balaban J connectivity index is 1.08. The number of ether oxygens (including phenoxy) is 5. The number of allylic oxidation sites excluding steroid dienone is 2. The van der Waals surface area contributed by atoms with Crippen LogP contribution in [0.4, 0.5) is 10.5 Å². The minimum atomic E-state index is -1.98. The van der Waals surface area contributed by atoms with E-state index in [1.807, 2.05) is 20.8 Å². The van der Waals surface area contributed by atoms with E-state index in [4.69, 9.17) is 33.7 Å². The Labute approximate surface area is 446 Å². The Morgan fingerprint density at radius 2 is 1.59 bits per heavy atom. The van der Waals surface area contributed by atoms with Gasteiger partial charge in [-0.05, 0) is 63.9 Å². The van der Waals surface area contributed by atoms with Gasteiger partial charge in [-0.3, -0.25) is 24.5 Å². The molecule has 5 bridgehead atoms. The zero-order chi connectivity index (χ0) is 54.6. The van der Waals surface area contributed by atoms with Crippen molar-refractivity contribution in [1.29, 1.82) is 0 Å². The van der Waals surface area contributed by atoms with Gasteiger partial charge in [0.25, 0.3) is 11.7 Å². The van der Waals surface area contributed by atoms with E-state index in [2.05, 4.69) is 29.0 Å². The van der Waals surface area contributed by atoms with Crippen molar-refractivity contribution in [2.45, 2.75) is 149 Å². The van der Waals surface area contributed by atoms with E-state index >= 15 is 4.79 Å². The van der Waals surface area contributed by atoms with Crippen LogP contribution >= 0.6 is 0 Å². The third kappa shape index (κ3) is 10.4. The number of nitrogens with zero attached hydrogens (tertiary/aromatic N) is 5. The summed E-state index contributed by atoms with van der Waals surface area (Å²) in [7, 11) is 1.52. The summed E-state index contributed by atoms with van der Waals surface area (Å²) in [5, 5.41) is 51.6. The monoisotopic (exact) mass is 1050 g/mol. The first-order valence-corrected chi connectivity index (χ1v) is 27.8. The summed E-state index contributed by atoms with van der Waals surface area (Å²) in [4.78, 5) is 60.9. The highest BCUT2D eigenvalue weighted by molar-refractivity contribution is 6.19. The molecule has 0 radical (unpaired) electrons. The van der Waals surface area contributed by atoms with Crippen LogP contribution in [0.15, 0.2) is 46.1 Å². The summed E-state index contributed by atoms with van der Waals surface area (Å²) in [6.07, 6.45) is 9.73. The predicted octanol–water partition coefficient (Wildman–Crippen LogP) is 6.29. The number of hydrogen-bond donors (Lipinski definition) is 5. The highest BCUT2D eigenvalue weighted by atomic mass is 16.7. The first-order chi connectivity index (χ1) is 36.1. The average molecular weight is 1060 g/mol. The van der Waals surface area contributed by atoms with Crippen molar-refractivity contribution in [3.8, 4) is 17.2 Å². The van der Waals surface area contributed by atoms with Gasteiger partial charge in [-0.25, -0.2) is 4.79 Å². The van der Waals surface area contributed by atoms with E-state index in [1.165, 1.54) is 20.3 Å². The molecule has 8 aliphatic rings. The summed E-state index contributed by atoms with van der Waals surface area (Å²) in [5.74, 6) is -5.48. The molecule has 0 aromatic heterocycles. The number of hydrogen-bond acceptors (Lipinski definition) is 16. The smallest absolute Gasteiger partial charge is 0.410 e. The number of methoxy groups -OCH3 is 1. The fourth-order valence-electron chi connectivity index (χ4n) is 13.0. The summed E-state index contributed by atoms with van der Waals surface area (Å²) in [6, 6.07) is 0. The van der Waals surface area contributed by atoms with Gasteiger partial charge >= 0.3 is 11.9 Å². The molecular formula is C58H82N6O12. The van der Waals surface area contributed by atoms with Gasteiger partial charge in [-0.2, -0.15) is 0 Å². The van der Waals surface area contributed by atoms with Crippen molar-refractivity contribution in [3.05, 3.63) is 58.0 Å². The zero-order valence-corrected chi connectivity index (χ0v) is 46.3. The molecule has 76 heavy (non-hydrogen) atoms. The Morgan fingerprint density at radius 1 is 0.895 bits per heavy atom. The summed E-state index contributed by atoms with van der Waals surface area (Å²) in [5.41, 5.74) is -0.687. The molecule has 4 fully saturated rings. The second-order valence-electron chi connectivity index (χ2n) is 23.7. The number of rotatable bonds is 6. The largest absolute Gasteiger partial charge is 0.507 e. The molecule has 10 rings (SSSR count). The number of carbonyl (C=O) groups excluding carboxylic acids is 3. The number of carbonyl (C=O) groups is 3. The standard InChI is InChI=1S/C58H82N6O12/c1-32(2)29-62-22-20-58(21-23-62)60-44-41-42-49(67)38(8)52-43(41)53(69)56(9,76-52)74-28-17-40(72-10)35(5)51(75-55(71)63-24-25-64(57(31-63)18-12-19-57)30-39-15-26-73-27-16-39)37(7)48(66)36(6)47(65)33(3)13-11-14-34(4)54(70)59-46(50(42)68)45(44)61-58/h11,13-14,17,28,32-33,35-37,39-40,47-48,51,65-68H,12,15-16,18-27,29-31H2,1-10H3,(H,59,70)/b13-11+,28-17+,34-14-/t33-,35+,36+,37+,40-,47-,48+,51+,56-/m0/s1. The number of anilines is 1. The van der Waals surface area contributed by atoms with Gasteiger partial charge < -0.3 is 59.2 Å². The number of benzene rings is 2. The number of piperidine rings is 1. The van der Waals surface area contributed by atoms with E-state index in [-0.39, 0.29) is 60.9 Å². The zero-order valence-electron chi connectivity index (χ0n) is 46.3. The molecule has 1 aliphatic carbocycles. The molecule has 1 saturated carbocycles. The average Bonchev–Trinajstić information content (AvgIpc) is 4.01. The number of fused-ring (bicyclic) bond motifs is 13. The maximum atomic E-state index is 15.0. The van der Waals surface area contributed by atoms with Crippen LogP contribution in [0, 0.1) is 42.4 Å². The Hall–Kier alpha value is -5.11. The van der Waals surface area contributed by atoms with Gasteiger partial charge in [-0.1, -0.05) is 59.8 Å².